The van der Waals surface area contributed by atoms with Gasteiger partial charge < -0.3 is 0 Å². The zero-order valence-corrected chi connectivity index (χ0v) is 9.92. The minimum atomic E-state index is -1.03. The third kappa shape index (κ3) is 2.50. The van der Waals surface area contributed by atoms with Crippen molar-refractivity contribution in [3.05, 3.63) is 34.9 Å². The minimum absolute atomic E-state index is 0.190. The number of nitriles is 1. The van der Waals surface area contributed by atoms with Crippen molar-refractivity contribution >= 4 is 5.78 Å². The molecule has 0 aromatic heterocycles. The summed E-state index contributed by atoms with van der Waals surface area (Å²) in [7, 11) is 0. The average molecular weight is 237 g/mol. The van der Waals surface area contributed by atoms with Gasteiger partial charge in [-0.05, 0) is 24.5 Å². The lowest BCUT2D eigenvalue weighted by Crippen LogP contribution is -2.21. The summed E-state index contributed by atoms with van der Waals surface area (Å²) >= 11 is 0. The van der Waals surface area contributed by atoms with E-state index in [-0.39, 0.29) is 11.5 Å². The van der Waals surface area contributed by atoms with E-state index in [0.717, 1.165) is 6.07 Å². The van der Waals surface area contributed by atoms with Crippen LogP contribution in [0, 0.1) is 41.7 Å². The Morgan fingerprint density at radius 1 is 1.35 bits per heavy atom. The van der Waals surface area contributed by atoms with E-state index in [4.69, 9.17) is 5.26 Å². The highest BCUT2D eigenvalue weighted by Gasteiger charge is 2.28. The van der Waals surface area contributed by atoms with E-state index >= 15 is 0 Å². The largest absolute Gasteiger partial charge is 0.292 e. The Labute approximate surface area is 98.9 Å². The molecule has 0 saturated carbocycles. The number of hydrogen-bond acceptors (Lipinski definition) is 2. The highest BCUT2D eigenvalue weighted by molar-refractivity contribution is 6.00. The summed E-state index contributed by atoms with van der Waals surface area (Å²) in [5.74, 6) is -3.90. The molecule has 0 fully saturated rings. The summed E-state index contributed by atoms with van der Waals surface area (Å²) in [6.45, 7) is 4.77. The predicted octanol–water partition coefficient (Wildman–Crippen LogP) is 3.25. The van der Waals surface area contributed by atoms with E-state index < -0.39 is 28.9 Å². The second-order valence-electron chi connectivity index (χ2n) is 4.27. The standard InChI is InChI=1S/C13H13F2NO/c1-7(2)9(6-16)13(17)11-10(14)5-4-8(3)12(11)15/h4-5,7,9H,1-3H3. The smallest absolute Gasteiger partial charge is 0.186 e. The molecule has 0 aliphatic rings. The van der Waals surface area contributed by atoms with Gasteiger partial charge in [-0.1, -0.05) is 19.9 Å². The van der Waals surface area contributed by atoms with Crippen molar-refractivity contribution < 1.29 is 13.6 Å². The summed E-state index contributed by atoms with van der Waals surface area (Å²) in [6.07, 6.45) is 0. The third-order valence-electron chi connectivity index (χ3n) is 2.62. The molecule has 2 nitrogen and oxygen atoms in total. The Hall–Kier alpha value is -1.76. The van der Waals surface area contributed by atoms with Crippen LogP contribution in [-0.4, -0.2) is 5.78 Å². The van der Waals surface area contributed by atoms with E-state index in [1.807, 2.05) is 0 Å². The van der Waals surface area contributed by atoms with Gasteiger partial charge in [0.05, 0.1) is 11.6 Å². The lowest BCUT2D eigenvalue weighted by atomic mass is 9.88. The van der Waals surface area contributed by atoms with Gasteiger partial charge in [-0.2, -0.15) is 5.26 Å². The van der Waals surface area contributed by atoms with Gasteiger partial charge in [0.25, 0.3) is 0 Å². The van der Waals surface area contributed by atoms with Gasteiger partial charge in [0.1, 0.15) is 17.6 Å². The number of aryl methyl sites for hydroxylation is 1. The summed E-state index contributed by atoms with van der Waals surface area (Å²) in [4.78, 5) is 11.9. The van der Waals surface area contributed by atoms with Crippen LogP contribution in [0.25, 0.3) is 0 Å². The number of benzene rings is 1. The summed E-state index contributed by atoms with van der Waals surface area (Å²) in [5.41, 5.74) is -0.416. The predicted molar refractivity (Wildman–Crippen MR) is 59.4 cm³/mol. The normalized spacial score (nSPS) is 12.3. The SMILES string of the molecule is Cc1ccc(F)c(C(=O)C(C#N)C(C)C)c1F. The Morgan fingerprint density at radius 3 is 2.41 bits per heavy atom. The first kappa shape index (κ1) is 13.3. The van der Waals surface area contributed by atoms with Crippen LogP contribution >= 0.6 is 0 Å². The Kier molecular flexibility index (Phi) is 3.95. The van der Waals surface area contributed by atoms with Crippen LogP contribution in [0.15, 0.2) is 12.1 Å². The van der Waals surface area contributed by atoms with Gasteiger partial charge in [-0.3, -0.25) is 4.79 Å². The number of nitrogens with zero attached hydrogens (tertiary/aromatic N) is 1. The summed E-state index contributed by atoms with van der Waals surface area (Å²) in [5, 5.41) is 8.86. The number of halogens is 2. The maximum absolute atomic E-state index is 13.7. The molecular weight excluding hydrogens is 224 g/mol. The lowest BCUT2D eigenvalue weighted by Gasteiger charge is -2.13. The number of hydrogen-bond donors (Lipinski definition) is 0. The van der Waals surface area contributed by atoms with Crippen LogP contribution in [0.5, 0.6) is 0 Å². The van der Waals surface area contributed by atoms with Crippen LogP contribution < -0.4 is 0 Å². The third-order valence-corrected chi connectivity index (χ3v) is 2.62. The van der Waals surface area contributed by atoms with Crippen molar-refractivity contribution in [2.45, 2.75) is 20.8 Å². The Balaban J connectivity index is 3.31. The highest BCUT2D eigenvalue weighted by Crippen LogP contribution is 2.23. The van der Waals surface area contributed by atoms with Crippen LogP contribution in [0.4, 0.5) is 8.78 Å². The second kappa shape index (κ2) is 5.05. The molecule has 0 saturated heterocycles. The monoisotopic (exact) mass is 237 g/mol. The maximum Gasteiger partial charge on any atom is 0.186 e. The molecule has 1 aromatic rings. The summed E-state index contributed by atoms with van der Waals surface area (Å²) in [6, 6.07) is 4.09. The van der Waals surface area contributed by atoms with Gasteiger partial charge in [0.2, 0.25) is 0 Å². The topological polar surface area (TPSA) is 40.9 Å². The fraction of sp³-hybridized carbons (Fsp3) is 0.385. The van der Waals surface area contributed by atoms with Gasteiger partial charge in [-0.25, -0.2) is 8.78 Å². The maximum atomic E-state index is 13.7. The van der Waals surface area contributed by atoms with E-state index in [2.05, 4.69) is 0 Å². The zero-order valence-electron chi connectivity index (χ0n) is 9.92. The molecule has 1 atom stereocenters. The first-order valence-corrected chi connectivity index (χ1v) is 5.28. The number of rotatable bonds is 3. The first-order valence-electron chi connectivity index (χ1n) is 5.28. The zero-order chi connectivity index (χ0) is 13.2. The van der Waals surface area contributed by atoms with E-state index in [1.54, 1.807) is 19.9 Å². The molecule has 0 N–H and O–H groups in total. The minimum Gasteiger partial charge on any atom is -0.292 e. The molecule has 0 bridgehead atoms. The molecule has 0 heterocycles. The molecule has 1 rings (SSSR count). The molecule has 1 aromatic carbocycles. The van der Waals surface area contributed by atoms with Gasteiger partial charge >= 0.3 is 0 Å². The molecule has 0 aliphatic heterocycles. The van der Waals surface area contributed by atoms with Crippen molar-refractivity contribution in [2.24, 2.45) is 11.8 Å². The molecule has 4 heteroatoms. The molecule has 17 heavy (non-hydrogen) atoms. The number of carbonyl (C=O) groups excluding carboxylic acids is 1. The number of Topliss-reactive ketones (excluding diaryl/α,β-unsaturated/α-hetero) is 1. The van der Waals surface area contributed by atoms with Crippen LogP contribution in [-0.2, 0) is 0 Å². The van der Waals surface area contributed by atoms with Crippen molar-refractivity contribution in [3.63, 3.8) is 0 Å². The molecule has 0 radical (unpaired) electrons. The number of ketones is 1. The van der Waals surface area contributed by atoms with E-state index in [0.29, 0.717) is 0 Å². The Morgan fingerprint density at radius 2 is 1.94 bits per heavy atom. The molecule has 0 aliphatic carbocycles. The first-order chi connectivity index (χ1) is 7.90. The summed E-state index contributed by atoms with van der Waals surface area (Å²) < 4.78 is 27.2. The molecular formula is C13H13F2NO. The van der Waals surface area contributed by atoms with Gasteiger partial charge in [0.15, 0.2) is 5.78 Å². The molecule has 90 valence electrons. The highest BCUT2D eigenvalue weighted by atomic mass is 19.1. The average Bonchev–Trinajstić information content (AvgIpc) is 2.24. The molecule has 0 amide bonds. The quantitative estimate of drug-likeness (QED) is 0.757. The fourth-order valence-corrected chi connectivity index (χ4v) is 1.55. The second-order valence-corrected chi connectivity index (χ2v) is 4.27. The Bertz CT molecular complexity index is 489. The van der Waals surface area contributed by atoms with Crippen molar-refractivity contribution in [1.29, 1.82) is 5.26 Å². The van der Waals surface area contributed by atoms with Crippen molar-refractivity contribution in [3.8, 4) is 6.07 Å². The van der Waals surface area contributed by atoms with E-state index in [9.17, 15) is 13.6 Å². The van der Waals surface area contributed by atoms with E-state index in [1.165, 1.54) is 13.0 Å². The fourth-order valence-electron chi connectivity index (χ4n) is 1.55. The van der Waals surface area contributed by atoms with Crippen LogP contribution in [0.3, 0.4) is 0 Å². The lowest BCUT2D eigenvalue weighted by molar-refractivity contribution is 0.0915. The number of carbonyl (C=O) groups is 1. The molecule has 1 unspecified atom stereocenters. The van der Waals surface area contributed by atoms with Gasteiger partial charge in [-0.15, -0.1) is 0 Å². The molecule has 0 spiro atoms. The van der Waals surface area contributed by atoms with Crippen LogP contribution in [0.1, 0.15) is 29.8 Å². The van der Waals surface area contributed by atoms with Gasteiger partial charge in [0, 0.05) is 0 Å². The van der Waals surface area contributed by atoms with Crippen molar-refractivity contribution in [1.82, 2.24) is 0 Å². The van der Waals surface area contributed by atoms with Crippen LogP contribution in [0.2, 0.25) is 0 Å². The van der Waals surface area contributed by atoms with Crippen molar-refractivity contribution in [2.75, 3.05) is 0 Å².